The van der Waals surface area contributed by atoms with E-state index in [1.54, 1.807) is 12.1 Å². The molecule has 1 saturated heterocycles. The third kappa shape index (κ3) is 1.98. The number of rotatable bonds is 3. The minimum Gasteiger partial charge on any atom is -0.384 e. The highest BCUT2D eigenvalue weighted by Gasteiger charge is 2.50. The number of nitrogens with zero attached hydrogens (tertiary/aromatic N) is 2. The van der Waals surface area contributed by atoms with E-state index in [4.69, 9.17) is 19.4 Å². The van der Waals surface area contributed by atoms with Crippen molar-refractivity contribution < 1.29 is 23.0 Å². The molecule has 1 unspecified atom stereocenters. The summed E-state index contributed by atoms with van der Waals surface area (Å²) in [7, 11) is -3.75. The first-order chi connectivity index (χ1) is 12.0. The average molecular weight is 363 g/mol. The Morgan fingerprint density at radius 1 is 1.32 bits per heavy atom. The summed E-state index contributed by atoms with van der Waals surface area (Å²) in [5.41, 5.74) is 7.15. The zero-order chi connectivity index (χ0) is 17.3. The highest BCUT2D eigenvalue weighted by Crippen LogP contribution is 2.63. The average Bonchev–Trinajstić information content (AvgIpc) is 2.78. The summed E-state index contributed by atoms with van der Waals surface area (Å²) in [5.74, 6) is 0.555. The number of primary amides is 1. The van der Waals surface area contributed by atoms with Crippen molar-refractivity contribution in [2.24, 2.45) is 5.73 Å². The SMILES string of the molecule is CCN1CCC(c2c3c4c5ccc(C(N)=O)c4n2OP(=O)(O5)O3)CC1. The third-order valence-electron chi connectivity index (χ3n) is 5.30. The Morgan fingerprint density at radius 2 is 2.08 bits per heavy atom. The minimum absolute atomic E-state index is 0.200. The van der Waals surface area contributed by atoms with E-state index < -0.39 is 13.7 Å². The van der Waals surface area contributed by atoms with Gasteiger partial charge < -0.3 is 19.7 Å². The monoisotopic (exact) mass is 363 g/mol. The van der Waals surface area contributed by atoms with Crippen LogP contribution in [0.1, 0.15) is 41.7 Å². The van der Waals surface area contributed by atoms with E-state index in [-0.39, 0.29) is 5.92 Å². The van der Waals surface area contributed by atoms with E-state index in [0.29, 0.717) is 28.0 Å². The molecule has 8 nitrogen and oxygen atoms in total. The number of amides is 1. The van der Waals surface area contributed by atoms with Gasteiger partial charge in [0, 0.05) is 5.92 Å². The van der Waals surface area contributed by atoms with Crippen molar-refractivity contribution in [3.05, 3.63) is 23.4 Å². The lowest BCUT2D eigenvalue weighted by molar-refractivity contribution is 0.0999. The van der Waals surface area contributed by atoms with E-state index in [9.17, 15) is 9.36 Å². The van der Waals surface area contributed by atoms with Gasteiger partial charge >= 0.3 is 7.82 Å². The van der Waals surface area contributed by atoms with Crippen LogP contribution < -0.4 is 19.4 Å². The van der Waals surface area contributed by atoms with Gasteiger partial charge in [0.15, 0.2) is 5.75 Å². The summed E-state index contributed by atoms with van der Waals surface area (Å²) >= 11 is 0. The molecular weight excluding hydrogens is 345 g/mol. The van der Waals surface area contributed by atoms with Crippen LogP contribution in [0.5, 0.6) is 11.5 Å². The van der Waals surface area contributed by atoms with Crippen molar-refractivity contribution in [2.75, 3.05) is 19.6 Å². The molecule has 4 heterocycles. The molecule has 1 atom stereocenters. The molecule has 1 fully saturated rings. The lowest BCUT2D eigenvalue weighted by Crippen LogP contribution is -2.34. The van der Waals surface area contributed by atoms with Crippen LogP contribution >= 0.6 is 7.82 Å². The van der Waals surface area contributed by atoms with E-state index in [1.807, 2.05) is 0 Å². The van der Waals surface area contributed by atoms with Gasteiger partial charge in [0.1, 0.15) is 17.0 Å². The molecule has 2 aromatic rings. The van der Waals surface area contributed by atoms with Gasteiger partial charge in [0.05, 0.1) is 10.9 Å². The number of carbonyl (C=O) groups is 1. The number of phosphoric acid groups is 1. The van der Waals surface area contributed by atoms with E-state index in [1.165, 1.54) is 4.73 Å². The van der Waals surface area contributed by atoms with Gasteiger partial charge in [-0.3, -0.25) is 9.42 Å². The fourth-order valence-corrected chi connectivity index (χ4v) is 5.33. The normalized spacial score (nSPS) is 25.0. The lowest BCUT2D eigenvalue weighted by Gasteiger charge is -2.34. The van der Waals surface area contributed by atoms with E-state index in [2.05, 4.69) is 11.8 Å². The lowest BCUT2D eigenvalue weighted by atomic mass is 9.93. The van der Waals surface area contributed by atoms with Gasteiger partial charge in [-0.1, -0.05) is 6.92 Å². The Bertz CT molecular complexity index is 961. The van der Waals surface area contributed by atoms with Crippen LogP contribution in [0.2, 0.25) is 0 Å². The second-order valence-electron chi connectivity index (χ2n) is 6.63. The van der Waals surface area contributed by atoms with Crippen LogP contribution in [-0.2, 0) is 4.57 Å². The number of aromatic nitrogens is 1. The summed E-state index contributed by atoms with van der Waals surface area (Å²) in [6.45, 7) is 5.13. The van der Waals surface area contributed by atoms with Crippen molar-refractivity contribution in [3.8, 4) is 11.5 Å². The molecule has 3 aliphatic rings. The number of likely N-dealkylation sites (tertiary alicyclic amines) is 1. The Kier molecular flexibility index (Phi) is 2.98. The second kappa shape index (κ2) is 4.93. The molecule has 1 amide bonds. The number of benzene rings is 1. The van der Waals surface area contributed by atoms with Gasteiger partial charge in [0.2, 0.25) is 0 Å². The Labute approximate surface area is 144 Å². The fourth-order valence-electron chi connectivity index (χ4n) is 4.05. The molecule has 2 N–H and O–H groups in total. The molecule has 3 aliphatic heterocycles. The van der Waals surface area contributed by atoms with Crippen molar-refractivity contribution in [3.63, 3.8) is 0 Å². The second-order valence-corrected chi connectivity index (χ2v) is 8.05. The maximum absolute atomic E-state index is 12.7. The Balaban J connectivity index is 1.73. The summed E-state index contributed by atoms with van der Waals surface area (Å²) in [6, 6.07) is 3.18. The molecule has 132 valence electrons. The van der Waals surface area contributed by atoms with Gasteiger partial charge in [-0.2, -0.15) is 9.30 Å². The molecule has 0 spiro atoms. The summed E-state index contributed by atoms with van der Waals surface area (Å²) in [6.07, 6.45) is 1.88. The zero-order valence-corrected chi connectivity index (χ0v) is 14.6. The molecule has 3 bridgehead atoms. The molecular formula is C16H18N3O5P. The zero-order valence-electron chi connectivity index (χ0n) is 13.7. The molecule has 0 saturated carbocycles. The van der Waals surface area contributed by atoms with Crippen LogP contribution in [0.3, 0.4) is 0 Å². The molecule has 25 heavy (non-hydrogen) atoms. The first kappa shape index (κ1) is 15.1. The maximum Gasteiger partial charge on any atom is 0.666 e. The van der Waals surface area contributed by atoms with Gasteiger partial charge in [-0.05, 0) is 44.6 Å². The van der Waals surface area contributed by atoms with Gasteiger partial charge in [0.25, 0.3) is 5.91 Å². The van der Waals surface area contributed by atoms with Crippen molar-refractivity contribution in [1.82, 2.24) is 9.63 Å². The first-order valence-corrected chi connectivity index (χ1v) is 9.89. The number of nitrogens with two attached hydrogens (primary N) is 1. The predicted molar refractivity (Wildman–Crippen MR) is 90.0 cm³/mol. The number of phosphoric ester groups is 1. The standard InChI is InChI=1S/C16H18N3O5P/c1-2-18-7-5-9(6-8-18)13-15-12-11-4-3-10(16(17)20)14(12)19(13)24-25(21,22-11)23-15/h3-4,9H,2,5-8H2,1H3,(H2,17,20). The van der Waals surface area contributed by atoms with Crippen molar-refractivity contribution in [1.29, 1.82) is 0 Å². The predicted octanol–water partition coefficient (Wildman–Crippen LogP) is 2.26. The highest BCUT2D eigenvalue weighted by atomic mass is 31.2. The number of carbonyl (C=O) groups excluding carboxylic acids is 1. The smallest absolute Gasteiger partial charge is 0.384 e. The van der Waals surface area contributed by atoms with Crippen molar-refractivity contribution in [2.45, 2.75) is 25.7 Å². The van der Waals surface area contributed by atoms with Gasteiger partial charge in [-0.15, -0.1) is 0 Å². The van der Waals surface area contributed by atoms with Crippen LogP contribution in [0.4, 0.5) is 0 Å². The maximum atomic E-state index is 12.7. The Morgan fingerprint density at radius 3 is 2.76 bits per heavy atom. The topological polar surface area (TPSA) is 96.0 Å². The van der Waals surface area contributed by atoms with Crippen molar-refractivity contribution >= 4 is 24.6 Å². The molecule has 0 radical (unpaired) electrons. The van der Waals surface area contributed by atoms with Gasteiger partial charge in [-0.25, -0.2) is 0 Å². The summed E-state index contributed by atoms with van der Waals surface area (Å²) in [4.78, 5) is 14.3. The van der Waals surface area contributed by atoms with Crippen LogP contribution in [-0.4, -0.2) is 35.2 Å². The first-order valence-electron chi connectivity index (χ1n) is 8.43. The van der Waals surface area contributed by atoms with Crippen LogP contribution in [0, 0.1) is 0 Å². The third-order valence-corrected chi connectivity index (χ3v) is 6.49. The largest absolute Gasteiger partial charge is 0.666 e. The molecule has 1 aromatic heterocycles. The highest BCUT2D eigenvalue weighted by molar-refractivity contribution is 7.49. The fraction of sp³-hybridized carbons (Fsp3) is 0.438. The van der Waals surface area contributed by atoms with Crippen LogP contribution in [0.25, 0.3) is 10.9 Å². The summed E-state index contributed by atoms with van der Waals surface area (Å²) < 4.78 is 30.8. The van der Waals surface area contributed by atoms with E-state index in [0.717, 1.165) is 38.2 Å². The minimum atomic E-state index is -3.75. The molecule has 5 rings (SSSR count). The summed E-state index contributed by atoms with van der Waals surface area (Å²) in [5, 5.41) is 0.619. The van der Waals surface area contributed by atoms with E-state index >= 15 is 0 Å². The Hall–Kier alpha value is -2.18. The number of piperidine rings is 1. The molecule has 9 heteroatoms. The number of hydrogen-bond donors (Lipinski definition) is 1. The molecule has 1 aromatic carbocycles. The number of hydrogen-bond acceptors (Lipinski definition) is 6. The molecule has 0 aliphatic carbocycles. The van der Waals surface area contributed by atoms with Crippen LogP contribution in [0.15, 0.2) is 12.1 Å². The quantitative estimate of drug-likeness (QED) is 0.841. The number of fused-ring (bicyclic) bond motifs is 3.